The van der Waals surface area contributed by atoms with E-state index < -0.39 is 9.84 Å². The number of rotatable bonds is 9. The van der Waals surface area contributed by atoms with Crippen LogP contribution in [0.2, 0.25) is 0 Å². The van der Waals surface area contributed by atoms with Gasteiger partial charge in [-0.15, -0.1) is 0 Å². The van der Waals surface area contributed by atoms with E-state index in [-0.39, 0.29) is 29.1 Å². The number of benzene rings is 1. The molecule has 26 heavy (non-hydrogen) atoms. The van der Waals surface area contributed by atoms with Crippen molar-refractivity contribution in [1.29, 1.82) is 0 Å². The summed E-state index contributed by atoms with van der Waals surface area (Å²) in [5.41, 5.74) is 0.869. The lowest BCUT2D eigenvalue weighted by Gasteiger charge is -2.25. The first-order chi connectivity index (χ1) is 12.5. The number of hydrogen-bond donors (Lipinski definition) is 2. The summed E-state index contributed by atoms with van der Waals surface area (Å²) in [6.07, 6.45) is 8.20. The number of hydrogen-bond acceptors (Lipinski definition) is 4. The average Bonchev–Trinajstić information content (AvgIpc) is 2.65. The number of aliphatic hydroxyl groups excluding tert-OH is 1. The third-order valence-electron chi connectivity index (χ3n) is 5.32. The molecule has 0 bridgehead atoms. The van der Waals surface area contributed by atoms with Crippen LogP contribution in [0.25, 0.3) is 0 Å². The molecule has 6 heteroatoms. The van der Waals surface area contributed by atoms with E-state index in [1.165, 1.54) is 44.2 Å². The topological polar surface area (TPSA) is 83.5 Å². The first-order valence-corrected chi connectivity index (χ1v) is 11.3. The van der Waals surface area contributed by atoms with E-state index in [4.69, 9.17) is 5.11 Å². The Morgan fingerprint density at radius 1 is 1.19 bits per heavy atom. The molecule has 2 rings (SSSR count). The van der Waals surface area contributed by atoms with Gasteiger partial charge in [-0.3, -0.25) is 4.79 Å². The van der Waals surface area contributed by atoms with Crippen LogP contribution in [0.15, 0.2) is 29.2 Å². The summed E-state index contributed by atoms with van der Waals surface area (Å²) >= 11 is 0. The lowest BCUT2D eigenvalue weighted by atomic mass is 9.82. The zero-order valence-corrected chi connectivity index (χ0v) is 16.4. The summed E-state index contributed by atoms with van der Waals surface area (Å²) in [5.74, 6) is 0.551. The van der Waals surface area contributed by atoms with Gasteiger partial charge < -0.3 is 10.4 Å². The minimum Gasteiger partial charge on any atom is -0.395 e. The van der Waals surface area contributed by atoms with Gasteiger partial charge in [-0.25, -0.2) is 8.42 Å². The Morgan fingerprint density at radius 3 is 2.42 bits per heavy atom. The molecule has 1 aliphatic carbocycles. The van der Waals surface area contributed by atoms with Crippen LogP contribution in [0.1, 0.15) is 57.4 Å². The quantitative estimate of drug-likeness (QED) is 0.689. The van der Waals surface area contributed by atoms with E-state index in [0.29, 0.717) is 12.5 Å². The number of nitrogens with one attached hydrogen (secondary N) is 1. The Labute approximate surface area is 157 Å². The predicted octanol–water partition coefficient (Wildman–Crippen LogP) is 3.07. The zero-order chi connectivity index (χ0) is 19.0. The third kappa shape index (κ3) is 6.09. The summed E-state index contributed by atoms with van der Waals surface area (Å²) in [5, 5.41) is 11.8. The molecule has 1 fully saturated rings. The van der Waals surface area contributed by atoms with Crippen LogP contribution in [0.3, 0.4) is 0 Å². The highest BCUT2D eigenvalue weighted by Gasteiger charge is 2.23. The Bertz CT molecular complexity index is 664. The molecular weight excluding hydrogens is 350 g/mol. The van der Waals surface area contributed by atoms with Crippen LogP contribution in [-0.2, 0) is 21.2 Å². The monoisotopic (exact) mass is 381 g/mol. The molecule has 0 aliphatic heterocycles. The van der Waals surface area contributed by atoms with Crippen molar-refractivity contribution in [3.8, 4) is 0 Å². The van der Waals surface area contributed by atoms with E-state index >= 15 is 0 Å². The van der Waals surface area contributed by atoms with Crippen molar-refractivity contribution >= 4 is 15.7 Å². The van der Waals surface area contributed by atoms with Crippen LogP contribution in [0.4, 0.5) is 0 Å². The van der Waals surface area contributed by atoms with Crippen molar-refractivity contribution in [2.75, 3.05) is 12.4 Å². The van der Waals surface area contributed by atoms with Crippen LogP contribution in [0.5, 0.6) is 0 Å². The standard InChI is InChI=1S/C20H31NO4S/c1-2-18(14-16-6-4-3-5-7-16)20(23)21-15-17-8-10-19(11-9-17)26(24,25)13-12-22/h8-11,16,18,22H,2-7,12-15H2,1H3,(H,21,23)/t18-/m0/s1. The summed E-state index contributed by atoms with van der Waals surface area (Å²) in [6.45, 7) is 2.08. The van der Waals surface area contributed by atoms with E-state index in [9.17, 15) is 13.2 Å². The largest absolute Gasteiger partial charge is 0.395 e. The van der Waals surface area contributed by atoms with Gasteiger partial charge in [-0.2, -0.15) is 0 Å². The third-order valence-corrected chi connectivity index (χ3v) is 7.03. The van der Waals surface area contributed by atoms with Gasteiger partial charge in [0.1, 0.15) is 0 Å². The summed E-state index contributed by atoms with van der Waals surface area (Å²) in [6, 6.07) is 6.50. The smallest absolute Gasteiger partial charge is 0.223 e. The highest BCUT2D eigenvalue weighted by atomic mass is 32.2. The maximum Gasteiger partial charge on any atom is 0.223 e. The number of sulfone groups is 1. The van der Waals surface area contributed by atoms with Crippen molar-refractivity contribution in [2.45, 2.75) is 63.3 Å². The molecular formula is C20H31NO4S. The lowest BCUT2D eigenvalue weighted by molar-refractivity contribution is -0.125. The molecule has 0 saturated heterocycles. The minimum atomic E-state index is -3.43. The molecule has 1 aromatic carbocycles. The highest BCUT2D eigenvalue weighted by Crippen LogP contribution is 2.30. The molecule has 2 N–H and O–H groups in total. The fourth-order valence-corrected chi connectivity index (χ4v) is 4.70. The second-order valence-corrected chi connectivity index (χ2v) is 9.36. The minimum absolute atomic E-state index is 0.0577. The van der Waals surface area contributed by atoms with Crippen LogP contribution in [0, 0.1) is 11.8 Å². The normalized spacial score (nSPS) is 17.0. The SMILES string of the molecule is CC[C@@H](CC1CCCCC1)C(=O)NCc1ccc(S(=O)(=O)CCO)cc1. The fraction of sp³-hybridized carbons (Fsp3) is 0.650. The predicted molar refractivity (Wildman–Crippen MR) is 102 cm³/mol. The van der Waals surface area contributed by atoms with Crippen molar-refractivity contribution in [3.05, 3.63) is 29.8 Å². The van der Waals surface area contributed by atoms with Gasteiger partial charge in [-0.1, -0.05) is 51.2 Å². The molecule has 146 valence electrons. The van der Waals surface area contributed by atoms with E-state index in [2.05, 4.69) is 12.2 Å². The van der Waals surface area contributed by atoms with Crippen LogP contribution in [-0.4, -0.2) is 31.8 Å². The molecule has 0 aromatic heterocycles. The summed E-state index contributed by atoms with van der Waals surface area (Å²) < 4.78 is 23.8. The van der Waals surface area contributed by atoms with Gasteiger partial charge in [0.25, 0.3) is 0 Å². The number of carbonyl (C=O) groups excluding carboxylic acids is 1. The lowest BCUT2D eigenvalue weighted by Crippen LogP contribution is -2.31. The van der Waals surface area contributed by atoms with Crippen LogP contribution < -0.4 is 5.32 Å². The first kappa shape index (κ1) is 20.9. The molecule has 1 atom stereocenters. The molecule has 5 nitrogen and oxygen atoms in total. The van der Waals surface area contributed by atoms with Gasteiger partial charge in [0.2, 0.25) is 5.91 Å². The van der Waals surface area contributed by atoms with Gasteiger partial charge in [0.05, 0.1) is 17.3 Å². The van der Waals surface area contributed by atoms with Crippen molar-refractivity contribution in [1.82, 2.24) is 5.32 Å². The summed E-state index contributed by atoms with van der Waals surface area (Å²) in [7, 11) is -3.43. The molecule has 1 saturated carbocycles. The van der Waals surface area contributed by atoms with E-state index in [1.54, 1.807) is 12.1 Å². The number of carbonyl (C=O) groups is 1. The highest BCUT2D eigenvalue weighted by molar-refractivity contribution is 7.91. The Kier molecular flexibility index (Phi) is 8.10. The summed E-state index contributed by atoms with van der Waals surface area (Å²) in [4.78, 5) is 12.7. The molecule has 0 spiro atoms. The molecule has 0 heterocycles. The maximum atomic E-state index is 12.5. The van der Waals surface area contributed by atoms with E-state index in [1.807, 2.05) is 0 Å². The molecule has 1 amide bonds. The van der Waals surface area contributed by atoms with Crippen molar-refractivity contribution < 1.29 is 18.3 Å². The molecule has 0 radical (unpaired) electrons. The second-order valence-electron chi connectivity index (χ2n) is 7.25. The zero-order valence-electron chi connectivity index (χ0n) is 15.6. The second kappa shape index (κ2) is 10.1. The van der Waals surface area contributed by atoms with Gasteiger partial charge in [-0.05, 0) is 36.5 Å². The molecule has 1 aliphatic rings. The Morgan fingerprint density at radius 2 is 1.85 bits per heavy atom. The number of amides is 1. The van der Waals surface area contributed by atoms with Crippen LogP contribution >= 0.6 is 0 Å². The van der Waals surface area contributed by atoms with Gasteiger partial charge in [0.15, 0.2) is 9.84 Å². The van der Waals surface area contributed by atoms with Crippen molar-refractivity contribution in [2.24, 2.45) is 11.8 Å². The Balaban J connectivity index is 1.87. The number of aliphatic hydroxyl groups is 1. The van der Waals surface area contributed by atoms with Gasteiger partial charge >= 0.3 is 0 Å². The van der Waals surface area contributed by atoms with Gasteiger partial charge in [0, 0.05) is 12.5 Å². The van der Waals surface area contributed by atoms with E-state index in [0.717, 1.165) is 18.4 Å². The molecule has 1 aromatic rings. The Hall–Kier alpha value is -1.40. The molecule has 0 unspecified atom stereocenters. The maximum absolute atomic E-state index is 12.5. The first-order valence-electron chi connectivity index (χ1n) is 9.66. The van der Waals surface area contributed by atoms with Crippen molar-refractivity contribution in [3.63, 3.8) is 0 Å². The fourth-order valence-electron chi connectivity index (χ4n) is 3.67. The average molecular weight is 382 g/mol.